The van der Waals surface area contributed by atoms with E-state index >= 15 is 0 Å². The molecule has 0 bridgehead atoms. The van der Waals surface area contributed by atoms with Gasteiger partial charge in [0, 0.05) is 50.0 Å². The molecule has 2 fully saturated rings. The molecule has 8 atom stereocenters. The van der Waals surface area contributed by atoms with Crippen LogP contribution in [0.3, 0.4) is 0 Å². The first-order valence-corrected chi connectivity index (χ1v) is 12.6. The molecule has 2 aliphatic carbocycles. The Balaban J connectivity index is 1.92. The Morgan fingerprint density at radius 2 is 1.67 bits per heavy atom. The molecule has 198 valence electrons. The fourth-order valence-corrected chi connectivity index (χ4v) is 6.36. The second kappa shape index (κ2) is 9.32. The van der Waals surface area contributed by atoms with E-state index in [0.29, 0.717) is 24.0 Å². The second-order valence-electron chi connectivity index (χ2n) is 10.8. The van der Waals surface area contributed by atoms with Crippen molar-refractivity contribution in [2.45, 2.75) is 110 Å². The van der Waals surface area contributed by atoms with E-state index in [4.69, 9.17) is 23.7 Å². The summed E-state index contributed by atoms with van der Waals surface area (Å²) >= 11 is 0. The Bertz CT molecular complexity index is 1040. The monoisotopic (exact) mass is 504 g/mol. The van der Waals surface area contributed by atoms with Gasteiger partial charge < -0.3 is 23.7 Å². The Morgan fingerprint density at radius 3 is 2.28 bits per heavy atom. The average Bonchev–Trinajstić information content (AvgIpc) is 3.37. The lowest BCUT2D eigenvalue weighted by Gasteiger charge is -2.52. The second-order valence-corrected chi connectivity index (χ2v) is 10.8. The maximum Gasteiger partial charge on any atom is 0.334 e. The van der Waals surface area contributed by atoms with E-state index in [9.17, 15) is 19.2 Å². The van der Waals surface area contributed by atoms with Crippen LogP contribution in [0.4, 0.5) is 0 Å². The highest BCUT2D eigenvalue weighted by Gasteiger charge is 2.71. The van der Waals surface area contributed by atoms with Crippen molar-refractivity contribution in [3.8, 4) is 0 Å². The number of esters is 4. The molecule has 4 aliphatic rings. The van der Waals surface area contributed by atoms with Crippen molar-refractivity contribution in [2.24, 2.45) is 11.3 Å². The molecule has 0 aromatic heterocycles. The Kier molecular flexibility index (Phi) is 6.83. The number of carbonyl (C=O) groups excluding carboxylic acids is 4. The predicted octanol–water partition coefficient (Wildman–Crippen LogP) is 3.34. The van der Waals surface area contributed by atoms with E-state index < -0.39 is 59.3 Å². The van der Waals surface area contributed by atoms with Crippen LogP contribution in [0.25, 0.3) is 0 Å². The highest BCUT2D eigenvalue weighted by atomic mass is 16.6. The molecule has 0 aromatic carbocycles. The lowest BCUT2D eigenvalue weighted by atomic mass is 9.55. The van der Waals surface area contributed by atoms with Gasteiger partial charge in [-0.25, -0.2) is 4.79 Å². The SMILES string of the molecule is CCC(=O)O[C@H]1C[C@H](OC(C)=O)/C(C)=C\[C@H]2OC(=O)C(C)=C2C[C@@H]2[C@]3(C)O[C@@H]3C[C@@H](OC(C)=O)[C@@]12C. The van der Waals surface area contributed by atoms with E-state index in [1.807, 2.05) is 13.8 Å². The molecule has 9 heteroatoms. The minimum absolute atomic E-state index is 0.135. The molecular formula is C27H36O9. The third-order valence-corrected chi connectivity index (χ3v) is 8.56. The van der Waals surface area contributed by atoms with Crippen molar-refractivity contribution in [1.82, 2.24) is 0 Å². The van der Waals surface area contributed by atoms with Crippen molar-refractivity contribution in [3.63, 3.8) is 0 Å². The van der Waals surface area contributed by atoms with Crippen LogP contribution in [0.1, 0.15) is 74.1 Å². The minimum Gasteiger partial charge on any atom is -0.462 e. The molecule has 9 nitrogen and oxygen atoms in total. The summed E-state index contributed by atoms with van der Waals surface area (Å²) in [5.41, 5.74) is 0.534. The minimum atomic E-state index is -0.905. The highest BCUT2D eigenvalue weighted by molar-refractivity contribution is 5.92. The van der Waals surface area contributed by atoms with Gasteiger partial charge in [-0.15, -0.1) is 0 Å². The summed E-state index contributed by atoms with van der Waals surface area (Å²) in [7, 11) is 0. The van der Waals surface area contributed by atoms with Crippen molar-refractivity contribution >= 4 is 23.9 Å². The zero-order valence-corrected chi connectivity index (χ0v) is 22.0. The van der Waals surface area contributed by atoms with E-state index in [1.54, 1.807) is 26.8 Å². The molecular weight excluding hydrogens is 468 g/mol. The maximum absolute atomic E-state index is 12.7. The van der Waals surface area contributed by atoms with E-state index in [-0.39, 0.29) is 24.9 Å². The summed E-state index contributed by atoms with van der Waals surface area (Å²) in [5.74, 6) is -2.01. The van der Waals surface area contributed by atoms with Crippen LogP contribution in [0, 0.1) is 11.3 Å². The molecule has 1 saturated carbocycles. The first kappa shape index (κ1) is 26.4. The molecule has 0 spiro atoms. The smallest absolute Gasteiger partial charge is 0.334 e. The lowest BCUT2D eigenvalue weighted by molar-refractivity contribution is -0.192. The largest absolute Gasteiger partial charge is 0.462 e. The zero-order chi connectivity index (χ0) is 26.6. The molecule has 2 aliphatic heterocycles. The third kappa shape index (κ3) is 4.46. The first-order chi connectivity index (χ1) is 16.8. The van der Waals surface area contributed by atoms with Crippen molar-refractivity contribution in [3.05, 3.63) is 22.8 Å². The van der Waals surface area contributed by atoms with Gasteiger partial charge in [0.15, 0.2) is 0 Å². The Morgan fingerprint density at radius 1 is 1.03 bits per heavy atom. The Labute approximate surface area is 211 Å². The van der Waals surface area contributed by atoms with E-state index in [2.05, 4.69) is 0 Å². The van der Waals surface area contributed by atoms with Crippen LogP contribution >= 0.6 is 0 Å². The molecule has 0 unspecified atom stereocenters. The van der Waals surface area contributed by atoms with Crippen molar-refractivity contribution in [1.29, 1.82) is 0 Å². The van der Waals surface area contributed by atoms with Gasteiger partial charge >= 0.3 is 23.9 Å². The van der Waals surface area contributed by atoms with E-state index in [0.717, 1.165) is 5.57 Å². The molecule has 1 saturated heterocycles. The molecule has 2 heterocycles. The van der Waals surface area contributed by atoms with Gasteiger partial charge in [-0.05, 0) is 44.4 Å². The van der Waals surface area contributed by atoms with Gasteiger partial charge in [0.25, 0.3) is 0 Å². The molecule has 0 radical (unpaired) electrons. The molecule has 0 N–H and O–H groups in total. The van der Waals surface area contributed by atoms with Gasteiger partial charge in [-0.1, -0.05) is 13.8 Å². The molecule has 0 amide bonds. The number of fused-ring (bicyclic) bond motifs is 4. The van der Waals surface area contributed by atoms with Gasteiger partial charge in [0.2, 0.25) is 0 Å². The lowest BCUT2D eigenvalue weighted by Crippen LogP contribution is -2.59. The summed E-state index contributed by atoms with van der Waals surface area (Å²) in [6.45, 7) is 11.9. The topological polar surface area (TPSA) is 118 Å². The number of hydrogen-bond acceptors (Lipinski definition) is 9. The summed E-state index contributed by atoms with van der Waals surface area (Å²) in [6, 6.07) is 0. The van der Waals surface area contributed by atoms with Gasteiger partial charge in [-0.3, -0.25) is 14.4 Å². The highest BCUT2D eigenvalue weighted by Crippen LogP contribution is 2.63. The number of epoxide rings is 1. The molecule has 36 heavy (non-hydrogen) atoms. The summed E-state index contributed by atoms with van der Waals surface area (Å²) in [6.07, 6.45) is 0.160. The van der Waals surface area contributed by atoms with Gasteiger partial charge in [0.1, 0.15) is 24.4 Å². The zero-order valence-electron chi connectivity index (χ0n) is 22.0. The number of carbonyl (C=O) groups is 4. The third-order valence-electron chi connectivity index (χ3n) is 8.56. The predicted molar refractivity (Wildman–Crippen MR) is 126 cm³/mol. The van der Waals surface area contributed by atoms with Crippen LogP contribution in [-0.2, 0) is 42.9 Å². The van der Waals surface area contributed by atoms with Crippen molar-refractivity contribution < 1.29 is 42.9 Å². The summed E-state index contributed by atoms with van der Waals surface area (Å²) in [5, 5.41) is 0. The van der Waals surface area contributed by atoms with Crippen LogP contribution < -0.4 is 0 Å². The van der Waals surface area contributed by atoms with Crippen LogP contribution in [0.2, 0.25) is 0 Å². The molecule has 0 aromatic rings. The van der Waals surface area contributed by atoms with E-state index in [1.165, 1.54) is 13.8 Å². The number of ether oxygens (including phenoxy) is 5. The fraction of sp³-hybridized carbons (Fsp3) is 0.704. The summed E-state index contributed by atoms with van der Waals surface area (Å²) < 4.78 is 29.5. The van der Waals surface area contributed by atoms with Gasteiger partial charge in [0.05, 0.1) is 11.7 Å². The quantitative estimate of drug-likeness (QED) is 0.246. The maximum atomic E-state index is 12.7. The first-order valence-electron chi connectivity index (χ1n) is 12.6. The van der Waals surface area contributed by atoms with Crippen molar-refractivity contribution in [2.75, 3.05) is 0 Å². The number of hydrogen-bond donors (Lipinski definition) is 0. The number of rotatable bonds is 4. The van der Waals surface area contributed by atoms with Gasteiger partial charge in [-0.2, -0.15) is 0 Å². The van der Waals surface area contributed by atoms with Crippen LogP contribution in [0.15, 0.2) is 22.8 Å². The summed E-state index contributed by atoms with van der Waals surface area (Å²) in [4.78, 5) is 49.6. The average molecular weight is 505 g/mol. The van der Waals surface area contributed by atoms with Crippen LogP contribution in [0.5, 0.6) is 0 Å². The fourth-order valence-electron chi connectivity index (χ4n) is 6.36. The van der Waals surface area contributed by atoms with Crippen LogP contribution in [-0.4, -0.2) is 60.0 Å². The standard InChI is InChI=1S/C27H36O9/c1-8-24(30)35-21-11-18(32-15(4)28)13(2)9-19-17(14(3)25(31)34-19)10-20-26(21,6)22(33-16(5)29)12-23-27(20,7)36-23/h9,18-23H,8,10-12H2,1-7H3/b13-9-/t18-,19+,20-,21-,22+,23+,26+,27-/m0/s1. The normalized spacial score (nSPS) is 41.0. The Hall–Kier alpha value is -2.68. The molecule has 4 rings (SSSR count).